The molecule has 1 aromatic carbocycles. The van der Waals surface area contributed by atoms with Crippen molar-refractivity contribution in [1.82, 2.24) is 10.8 Å². The molecule has 3 heteroatoms. The molecule has 1 aliphatic rings. The van der Waals surface area contributed by atoms with Crippen LogP contribution in [0.15, 0.2) is 24.3 Å². The molecule has 0 saturated heterocycles. The summed E-state index contributed by atoms with van der Waals surface area (Å²) in [7, 11) is 0. The number of hydroxylamine groups is 1. The van der Waals surface area contributed by atoms with Crippen molar-refractivity contribution in [2.24, 2.45) is 0 Å². The van der Waals surface area contributed by atoms with E-state index in [2.05, 4.69) is 22.9 Å². The lowest BCUT2D eigenvalue weighted by Gasteiger charge is -2.14. The summed E-state index contributed by atoms with van der Waals surface area (Å²) in [5, 5.41) is 12.3. The molecule has 1 aliphatic heterocycles. The van der Waals surface area contributed by atoms with E-state index in [9.17, 15) is 0 Å². The molecule has 1 heterocycles. The summed E-state index contributed by atoms with van der Waals surface area (Å²) in [6, 6.07) is 8.27. The van der Waals surface area contributed by atoms with Crippen molar-refractivity contribution in [3.8, 4) is 0 Å². The van der Waals surface area contributed by atoms with Gasteiger partial charge in [-0.3, -0.25) is 0 Å². The summed E-state index contributed by atoms with van der Waals surface area (Å²) in [6.07, 6.45) is 0.924. The molecular weight excluding hydrogens is 164 g/mol. The highest BCUT2D eigenvalue weighted by molar-refractivity contribution is 5.30. The molecule has 3 nitrogen and oxygen atoms in total. The first kappa shape index (κ1) is 8.69. The van der Waals surface area contributed by atoms with Crippen molar-refractivity contribution in [1.29, 1.82) is 0 Å². The van der Waals surface area contributed by atoms with Crippen molar-refractivity contribution in [3.05, 3.63) is 35.4 Å². The smallest absolute Gasteiger partial charge is 0.0584 e. The average molecular weight is 178 g/mol. The van der Waals surface area contributed by atoms with E-state index in [1.165, 1.54) is 11.1 Å². The van der Waals surface area contributed by atoms with E-state index < -0.39 is 0 Å². The largest absolute Gasteiger partial charge is 0.316 e. The fourth-order valence-corrected chi connectivity index (χ4v) is 1.79. The fourth-order valence-electron chi connectivity index (χ4n) is 1.79. The number of fused-ring (bicyclic) bond motifs is 1. The quantitative estimate of drug-likeness (QED) is 0.566. The highest BCUT2D eigenvalue weighted by Gasteiger charge is 2.16. The molecule has 0 aromatic heterocycles. The molecule has 1 aromatic rings. The van der Waals surface area contributed by atoms with E-state index >= 15 is 0 Å². The van der Waals surface area contributed by atoms with Crippen molar-refractivity contribution < 1.29 is 5.21 Å². The van der Waals surface area contributed by atoms with Crippen molar-refractivity contribution in [2.45, 2.75) is 19.0 Å². The van der Waals surface area contributed by atoms with Gasteiger partial charge in [0.05, 0.1) is 6.04 Å². The molecular formula is C10H14N2O. The normalized spacial score (nSPS) is 22.1. The Labute approximate surface area is 77.7 Å². The zero-order chi connectivity index (χ0) is 9.10. The SMILES string of the molecule is ONC1CCNCc2ccccc21. The summed E-state index contributed by atoms with van der Waals surface area (Å²) < 4.78 is 0. The first-order valence-electron chi connectivity index (χ1n) is 4.60. The van der Waals surface area contributed by atoms with Crippen molar-refractivity contribution >= 4 is 0 Å². The molecule has 1 atom stereocenters. The number of benzene rings is 1. The van der Waals surface area contributed by atoms with Crippen LogP contribution in [0.3, 0.4) is 0 Å². The van der Waals surface area contributed by atoms with E-state index in [0.717, 1.165) is 19.5 Å². The highest BCUT2D eigenvalue weighted by Crippen LogP contribution is 2.22. The Morgan fingerprint density at radius 3 is 3.08 bits per heavy atom. The van der Waals surface area contributed by atoms with E-state index in [1.54, 1.807) is 0 Å². The maximum atomic E-state index is 8.99. The van der Waals surface area contributed by atoms with E-state index in [0.29, 0.717) is 0 Å². The van der Waals surface area contributed by atoms with Crippen LogP contribution in [-0.4, -0.2) is 11.8 Å². The van der Waals surface area contributed by atoms with Gasteiger partial charge in [-0.15, -0.1) is 0 Å². The zero-order valence-electron chi connectivity index (χ0n) is 7.46. The summed E-state index contributed by atoms with van der Waals surface area (Å²) >= 11 is 0. The molecule has 0 saturated carbocycles. The summed E-state index contributed by atoms with van der Waals surface area (Å²) in [4.78, 5) is 0. The van der Waals surface area contributed by atoms with Crippen LogP contribution in [-0.2, 0) is 6.54 Å². The van der Waals surface area contributed by atoms with Gasteiger partial charge in [0.2, 0.25) is 0 Å². The lowest BCUT2D eigenvalue weighted by atomic mass is 10.0. The third-order valence-corrected chi connectivity index (χ3v) is 2.51. The molecule has 0 radical (unpaired) electrons. The van der Waals surface area contributed by atoms with Crippen LogP contribution in [0.2, 0.25) is 0 Å². The molecule has 2 rings (SSSR count). The van der Waals surface area contributed by atoms with Gasteiger partial charge in [-0.05, 0) is 24.1 Å². The monoisotopic (exact) mass is 178 g/mol. The molecule has 0 amide bonds. The Morgan fingerprint density at radius 2 is 2.23 bits per heavy atom. The Bertz CT molecular complexity index is 288. The van der Waals surface area contributed by atoms with Crippen LogP contribution in [0.4, 0.5) is 0 Å². The van der Waals surface area contributed by atoms with Gasteiger partial charge in [-0.2, -0.15) is 5.48 Å². The second-order valence-corrected chi connectivity index (χ2v) is 3.35. The van der Waals surface area contributed by atoms with Gasteiger partial charge in [0.15, 0.2) is 0 Å². The average Bonchev–Trinajstić information content (AvgIpc) is 2.39. The third-order valence-electron chi connectivity index (χ3n) is 2.51. The number of hydrogen-bond donors (Lipinski definition) is 3. The highest BCUT2D eigenvalue weighted by atomic mass is 16.5. The minimum atomic E-state index is 0.0752. The second-order valence-electron chi connectivity index (χ2n) is 3.35. The molecule has 3 N–H and O–H groups in total. The van der Waals surface area contributed by atoms with Crippen LogP contribution in [0, 0.1) is 0 Å². The van der Waals surface area contributed by atoms with Gasteiger partial charge in [0, 0.05) is 6.54 Å². The summed E-state index contributed by atoms with van der Waals surface area (Å²) in [6.45, 7) is 1.83. The van der Waals surface area contributed by atoms with Crippen LogP contribution in [0.1, 0.15) is 23.6 Å². The number of rotatable bonds is 1. The van der Waals surface area contributed by atoms with Gasteiger partial charge < -0.3 is 10.5 Å². The van der Waals surface area contributed by atoms with E-state index in [4.69, 9.17) is 5.21 Å². The standard InChI is InChI=1S/C10H14N2O/c13-12-10-5-6-11-7-8-3-1-2-4-9(8)10/h1-4,10-13H,5-7H2. The summed E-state index contributed by atoms with van der Waals surface area (Å²) in [5.74, 6) is 0. The number of hydrogen-bond acceptors (Lipinski definition) is 3. The maximum absolute atomic E-state index is 8.99. The van der Waals surface area contributed by atoms with Crippen LogP contribution < -0.4 is 10.8 Å². The van der Waals surface area contributed by atoms with Crippen LogP contribution in [0.5, 0.6) is 0 Å². The Hall–Kier alpha value is -0.900. The second kappa shape index (κ2) is 3.87. The van der Waals surface area contributed by atoms with Gasteiger partial charge >= 0.3 is 0 Å². The Kier molecular flexibility index (Phi) is 2.59. The predicted molar refractivity (Wildman–Crippen MR) is 50.4 cm³/mol. The van der Waals surface area contributed by atoms with Crippen molar-refractivity contribution in [2.75, 3.05) is 6.54 Å². The van der Waals surface area contributed by atoms with Crippen molar-refractivity contribution in [3.63, 3.8) is 0 Å². The molecule has 0 bridgehead atoms. The molecule has 0 spiro atoms. The van der Waals surface area contributed by atoms with Crippen LogP contribution in [0.25, 0.3) is 0 Å². The van der Waals surface area contributed by atoms with Gasteiger partial charge in [-0.1, -0.05) is 24.3 Å². The first-order valence-corrected chi connectivity index (χ1v) is 4.60. The fraction of sp³-hybridized carbons (Fsp3) is 0.400. The predicted octanol–water partition coefficient (Wildman–Crippen LogP) is 1.20. The Balaban J connectivity index is 2.35. The molecule has 70 valence electrons. The van der Waals surface area contributed by atoms with E-state index in [1.807, 2.05) is 12.1 Å². The van der Waals surface area contributed by atoms with Gasteiger partial charge in [0.1, 0.15) is 0 Å². The topological polar surface area (TPSA) is 44.3 Å². The zero-order valence-corrected chi connectivity index (χ0v) is 7.46. The van der Waals surface area contributed by atoms with Gasteiger partial charge in [-0.25, -0.2) is 0 Å². The molecule has 0 aliphatic carbocycles. The number of nitrogens with one attached hydrogen (secondary N) is 2. The lowest BCUT2D eigenvalue weighted by Crippen LogP contribution is -2.19. The summed E-state index contributed by atoms with van der Waals surface area (Å²) in [5.41, 5.74) is 4.83. The van der Waals surface area contributed by atoms with E-state index in [-0.39, 0.29) is 6.04 Å². The molecule has 0 fully saturated rings. The lowest BCUT2D eigenvalue weighted by molar-refractivity contribution is 0.123. The minimum absolute atomic E-state index is 0.0752. The Morgan fingerprint density at radius 1 is 1.38 bits per heavy atom. The first-order chi connectivity index (χ1) is 6.42. The van der Waals surface area contributed by atoms with Crippen LogP contribution >= 0.6 is 0 Å². The minimum Gasteiger partial charge on any atom is -0.316 e. The van der Waals surface area contributed by atoms with Gasteiger partial charge in [0.25, 0.3) is 0 Å². The third kappa shape index (κ3) is 1.72. The molecule has 1 unspecified atom stereocenters. The maximum Gasteiger partial charge on any atom is 0.0584 e. The molecule has 13 heavy (non-hydrogen) atoms.